The monoisotopic (exact) mass is 430 g/mol. The number of hydrogen-bond acceptors (Lipinski definition) is 5. The molecule has 2 heterocycles. The molecule has 0 atom stereocenters. The molecule has 0 spiro atoms. The van der Waals surface area contributed by atoms with Crippen LogP contribution >= 0.6 is 0 Å². The van der Waals surface area contributed by atoms with E-state index in [2.05, 4.69) is 54.3 Å². The highest BCUT2D eigenvalue weighted by Gasteiger charge is 2.15. The molecule has 0 saturated carbocycles. The Morgan fingerprint density at radius 3 is 2.50 bits per heavy atom. The molecule has 2 aromatic heterocycles. The van der Waals surface area contributed by atoms with E-state index in [1.54, 1.807) is 7.11 Å². The van der Waals surface area contributed by atoms with Gasteiger partial charge in [0.1, 0.15) is 11.5 Å². The first-order chi connectivity index (χ1) is 15.3. The number of oxazole rings is 1. The van der Waals surface area contributed by atoms with Crippen LogP contribution in [0, 0.1) is 27.7 Å². The second kappa shape index (κ2) is 9.01. The smallest absolute Gasteiger partial charge is 0.226 e. The summed E-state index contributed by atoms with van der Waals surface area (Å²) in [4.78, 5) is 7.02. The fourth-order valence-corrected chi connectivity index (χ4v) is 4.01. The Morgan fingerprint density at radius 2 is 1.81 bits per heavy atom. The SMILES string of the molecule is COc1ccc(-c2nc(CN(C)Cc3cccc(-n4nc(C)cc4C)c3)c(C)o2)cc1C. The lowest BCUT2D eigenvalue weighted by atomic mass is 10.1. The Bertz CT molecular complexity index is 1240. The van der Waals surface area contributed by atoms with Crippen LogP contribution in [0.2, 0.25) is 0 Å². The summed E-state index contributed by atoms with van der Waals surface area (Å²) < 4.78 is 13.3. The van der Waals surface area contributed by atoms with E-state index >= 15 is 0 Å². The Morgan fingerprint density at radius 1 is 1.00 bits per heavy atom. The van der Waals surface area contributed by atoms with Crippen molar-refractivity contribution in [1.82, 2.24) is 19.7 Å². The number of methoxy groups -OCH3 is 1. The van der Waals surface area contributed by atoms with Crippen LogP contribution in [0.5, 0.6) is 5.75 Å². The zero-order chi connectivity index (χ0) is 22.8. The molecule has 0 aliphatic carbocycles. The van der Waals surface area contributed by atoms with Crippen LogP contribution in [0.3, 0.4) is 0 Å². The van der Waals surface area contributed by atoms with Crippen molar-refractivity contribution < 1.29 is 9.15 Å². The standard InChI is InChI=1S/C26H30N4O2/c1-17-12-22(10-11-25(17)31-6)26-27-24(20(4)32-26)16-29(5)15-21-8-7-9-23(14-21)30-19(3)13-18(2)28-30/h7-14H,15-16H2,1-6H3. The molecular weight excluding hydrogens is 400 g/mol. The van der Waals surface area contributed by atoms with Crippen LogP contribution in [-0.2, 0) is 13.1 Å². The van der Waals surface area contributed by atoms with Crippen molar-refractivity contribution in [1.29, 1.82) is 0 Å². The lowest BCUT2D eigenvalue weighted by Gasteiger charge is -2.16. The van der Waals surface area contributed by atoms with E-state index < -0.39 is 0 Å². The van der Waals surface area contributed by atoms with Gasteiger partial charge in [-0.2, -0.15) is 5.10 Å². The van der Waals surface area contributed by atoms with Crippen molar-refractivity contribution >= 4 is 0 Å². The van der Waals surface area contributed by atoms with E-state index in [1.807, 2.05) is 43.7 Å². The van der Waals surface area contributed by atoms with Crippen LogP contribution in [-0.4, -0.2) is 33.8 Å². The first-order valence-electron chi connectivity index (χ1n) is 10.8. The maximum atomic E-state index is 5.98. The predicted molar refractivity (Wildman–Crippen MR) is 126 cm³/mol. The number of hydrogen-bond donors (Lipinski definition) is 0. The van der Waals surface area contributed by atoms with Crippen molar-refractivity contribution in [3.63, 3.8) is 0 Å². The number of ether oxygens (including phenoxy) is 1. The molecule has 0 amide bonds. The lowest BCUT2D eigenvalue weighted by molar-refractivity contribution is 0.313. The van der Waals surface area contributed by atoms with E-state index in [9.17, 15) is 0 Å². The average molecular weight is 431 g/mol. The maximum Gasteiger partial charge on any atom is 0.226 e. The summed E-state index contributed by atoms with van der Waals surface area (Å²) in [5.74, 6) is 2.35. The third-order valence-corrected chi connectivity index (χ3v) is 5.57. The van der Waals surface area contributed by atoms with Gasteiger partial charge in [0.25, 0.3) is 0 Å². The van der Waals surface area contributed by atoms with Crippen molar-refractivity contribution in [3.05, 3.63) is 82.5 Å². The van der Waals surface area contributed by atoms with Crippen LogP contribution in [0.1, 0.15) is 34.0 Å². The fourth-order valence-electron chi connectivity index (χ4n) is 4.01. The van der Waals surface area contributed by atoms with E-state index in [0.717, 1.165) is 52.0 Å². The van der Waals surface area contributed by atoms with Crippen molar-refractivity contribution in [2.24, 2.45) is 0 Å². The number of benzene rings is 2. The second-order valence-electron chi connectivity index (χ2n) is 8.39. The van der Waals surface area contributed by atoms with Gasteiger partial charge >= 0.3 is 0 Å². The molecular formula is C26H30N4O2. The molecule has 4 aromatic rings. The summed E-state index contributed by atoms with van der Waals surface area (Å²) in [7, 11) is 3.78. The second-order valence-corrected chi connectivity index (χ2v) is 8.39. The summed E-state index contributed by atoms with van der Waals surface area (Å²) in [6.45, 7) is 9.59. The van der Waals surface area contributed by atoms with E-state index in [4.69, 9.17) is 14.1 Å². The maximum absolute atomic E-state index is 5.98. The van der Waals surface area contributed by atoms with Gasteiger partial charge < -0.3 is 9.15 Å². The third-order valence-electron chi connectivity index (χ3n) is 5.57. The van der Waals surface area contributed by atoms with Crippen LogP contribution in [0.4, 0.5) is 0 Å². The minimum absolute atomic E-state index is 0.642. The van der Waals surface area contributed by atoms with Crippen LogP contribution in [0.25, 0.3) is 17.1 Å². The molecule has 0 N–H and O–H groups in total. The van der Waals surface area contributed by atoms with Crippen LogP contribution in [0.15, 0.2) is 52.9 Å². The van der Waals surface area contributed by atoms with Gasteiger partial charge in [-0.15, -0.1) is 0 Å². The Labute approximate surface area is 189 Å². The van der Waals surface area contributed by atoms with Crippen LogP contribution < -0.4 is 4.74 Å². The summed E-state index contributed by atoms with van der Waals surface area (Å²) >= 11 is 0. The Balaban J connectivity index is 1.48. The topological polar surface area (TPSA) is 56.3 Å². The summed E-state index contributed by atoms with van der Waals surface area (Å²) in [5, 5.41) is 4.60. The quantitative estimate of drug-likeness (QED) is 0.393. The molecule has 0 fully saturated rings. The van der Waals surface area contributed by atoms with Crippen molar-refractivity contribution in [2.75, 3.05) is 14.2 Å². The van der Waals surface area contributed by atoms with Gasteiger partial charge in [-0.25, -0.2) is 9.67 Å². The average Bonchev–Trinajstić information content (AvgIpc) is 3.29. The molecule has 6 heteroatoms. The highest BCUT2D eigenvalue weighted by atomic mass is 16.5. The summed E-state index contributed by atoms with van der Waals surface area (Å²) in [5.41, 5.74) is 7.42. The van der Waals surface area contributed by atoms with E-state index in [-0.39, 0.29) is 0 Å². The largest absolute Gasteiger partial charge is 0.496 e. The van der Waals surface area contributed by atoms with E-state index in [0.29, 0.717) is 12.4 Å². The van der Waals surface area contributed by atoms with Crippen molar-refractivity contribution in [2.45, 2.75) is 40.8 Å². The van der Waals surface area contributed by atoms with Gasteiger partial charge in [0.15, 0.2) is 0 Å². The third kappa shape index (κ3) is 4.60. The Kier molecular flexibility index (Phi) is 6.15. The van der Waals surface area contributed by atoms with Gasteiger partial charge in [-0.1, -0.05) is 12.1 Å². The predicted octanol–water partition coefficient (Wildman–Crippen LogP) is 5.40. The molecule has 0 unspecified atom stereocenters. The first-order valence-corrected chi connectivity index (χ1v) is 10.8. The zero-order valence-electron chi connectivity index (χ0n) is 19.6. The minimum atomic E-state index is 0.642. The minimum Gasteiger partial charge on any atom is -0.496 e. The highest BCUT2D eigenvalue weighted by Crippen LogP contribution is 2.27. The number of nitrogens with zero attached hydrogens (tertiary/aromatic N) is 4. The number of aryl methyl sites for hydroxylation is 4. The summed E-state index contributed by atoms with van der Waals surface area (Å²) in [6.07, 6.45) is 0. The molecule has 166 valence electrons. The first kappa shape index (κ1) is 21.8. The number of aromatic nitrogens is 3. The fraction of sp³-hybridized carbons (Fsp3) is 0.308. The number of rotatable bonds is 7. The molecule has 0 aliphatic rings. The van der Waals surface area contributed by atoms with Gasteiger partial charge in [0, 0.05) is 24.3 Å². The highest BCUT2D eigenvalue weighted by molar-refractivity contribution is 5.57. The lowest BCUT2D eigenvalue weighted by Crippen LogP contribution is -2.18. The molecule has 0 bridgehead atoms. The molecule has 0 aliphatic heterocycles. The molecule has 0 radical (unpaired) electrons. The Hall–Kier alpha value is -3.38. The molecule has 0 saturated heterocycles. The van der Waals surface area contributed by atoms with Gasteiger partial charge in [-0.05, 0) is 82.3 Å². The molecule has 4 rings (SSSR count). The van der Waals surface area contributed by atoms with Gasteiger partial charge in [-0.3, -0.25) is 4.90 Å². The van der Waals surface area contributed by atoms with Crippen molar-refractivity contribution in [3.8, 4) is 22.9 Å². The van der Waals surface area contributed by atoms with E-state index in [1.165, 1.54) is 5.56 Å². The normalized spacial score (nSPS) is 11.3. The molecule has 6 nitrogen and oxygen atoms in total. The van der Waals surface area contributed by atoms with Gasteiger partial charge in [0.2, 0.25) is 5.89 Å². The van der Waals surface area contributed by atoms with Gasteiger partial charge in [0.05, 0.1) is 24.2 Å². The molecule has 32 heavy (non-hydrogen) atoms. The summed E-state index contributed by atoms with van der Waals surface area (Å²) in [6, 6.07) is 16.6. The zero-order valence-corrected chi connectivity index (χ0v) is 19.6. The molecule has 2 aromatic carbocycles.